The summed E-state index contributed by atoms with van der Waals surface area (Å²) < 4.78 is 51.5. The zero-order valence-corrected chi connectivity index (χ0v) is 27.4. The first-order chi connectivity index (χ1) is 22.4. The third-order valence-corrected chi connectivity index (χ3v) is 9.08. The topological polar surface area (TPSA) is 100 Å². The fraction of sp³-hybridized carbons (Fsp3) is 0.281. The highest BCUT2D eigenvalue weighted by molar-refractivity contribution is 8.14. The van der Waals surface area contributed by atoms with E-state index >= 15 is 0 Å². The molecule has 0 aliphatic carbocycles. The number of benzene rings is 3. The number of nitrogens with one attached hydrogen (secondary N) is 1. The van der Waals surface area contributed by atoms with Gasteiger partial charge in [0, 0.05) is 31.0 Å². The molecule has 0 spiro atoms. The molecule has 2 fully saturated rings. The summed E-state index contributed by atoms with van der Waals surface area (Å²) in [4.78, 5) is 25.2. The van der Waals surface area contributed by atoms with Crippen LogP contribution in [0.25, 0.3) is 17.1 Å². The normalized spacial score (nSPS) is 18.8. The van der Waals surface area contributed by atoms with Crippen LogP contribution in [-0.4, -0.2) is 68.1 Å². The van der Waals surface area contributed by atoms with Gasteiger partial charge in [-0.05, 0) is 72.7 Å². The molecule has 0 saturated carbocycles. The number of carbonyl (C=O) groups is 1. The van der Waals surface area contributed by atoms with Crippen LogP contribution in [0.2, 0.25) is 0 Å². The standard InChI is InChI=1S/C32H30F3N7O3S2/c1-18-15-24(44-4)13-14-25(18)42-29-26(45-29)16-47-31(42)38-30(46)37-28(40(3)19(2)43)21-7-5-20(6-8-21)27-36-17-41(39-27)23-11-9-22(10-12-23)32(33,34)35/h5-15,17,26,28-29H,16H2,1-4H3,(H,37,46). The van der Waals surface area contributed by atoms with Gasteiger partial charge in [-0.2, -0.15) is 18.2 Å². The number of methoxy groups -OCH3 is 1. The van der Waals surface area contributed by atoms with Gasteiger partial charge in [0.05, 0.1) is 18.4 Å². The van der Waals surface area contributed by atoms with Crippen molar-refractivity contribution in [3.05, 3.63) is 89.7 Å². The smallest absolute Gasteiger partial charge is 0.416 e. The Balaban J connectivity index is 1.21. The summed E-state index contributed by atoms with van der Waals surface area (Å²) >= 11 is 7.25. The van der Waals surface area contributed by atoms with Gasteiger partial charge in [0.25, 0.3) is 0 Å². The van der Waals surface area contributed by atoms with Gasteiger partial charge in [-0.15, -0.1) is 5.10 Å². The van der Waals surface area contributed by atoms with Crippen molar-refractivity contribution in [3.8, 4) is 22.8 Å². The number of anilines is 1. The second-order valence-corrected chi connectivity index (χ2v) is 12.3. The minimum atomic E-state index is -4.42. The zero-order chi connectivity index (χ0) is 33.5. The van der Waals surface area contributed by atoms with Crippen molar-refractivity contribution in [1.82, 2.24) is 25.0 Å². The van der Waals surface area contributed by atoms with E-state index in [1.165, 1.54) is 35.0 Å². The molecule has 47 heavy (non-hydrogen) atoms. The molecular weight excluding hydrogens is 652 g/mol. The number of rotatable bonds is 7. The highest BCUT2D eigenvalue weighted by Gasteiger charge is 2.50. The number of nitrogens with zero attached hydrogens (tertiary/aromatic N) is 6. The summed E-state index contributed by atoms with van der Waals surface area (Å²) in [6.45, 7) is 3.46. The zero-order valence-electron chi connectivity index (χ0n) is 25.7. The number of aryl methyl sites for hydroxylation is 1. The summed E-state index contributed by atoms with van der Waals surface area (Å²) in [7, 11) is 3.30. The van der Waals surface area contributed by atoms with E-state index in [1.54, 1.807) is 38.1 Å². The van der Waals surface area contributed by atoms with E-state index in [-0.39, 0.29) is 23.4 Å². The van der Waals surface area contributed by atoms with Crippen LogP contribution >= 0.6 is 24.0 Å². The number of ether oxygens (including phenoxy) is 2. The lowest BCUT2D eigenvalue weighted by Gasteiger charge is -2.30. The third kappa shape index (κ3) is 6.96. The first kappa shape index (κ1) is 32.5. The van der Waals surface area contributed by atoms with Crippen molar-refractivity contribution < 1.29 is 27.4 Å². The van der Waals surface area contributed by atoms with Crippen LogP contribution in [-0.2, 0) is 15.7 Å². The maximum atomic E-state index is 13.0. The summed E-state index contributed by atoms with van der Waals surface area (Å²) in [5.41, 5.74) is 3.05. The van der Waals surface area contributed by atoms with Gasteiger partial charge >= 0.3 is 6.18 Å². The summed E-state index contributed by atoms with van der Waals surface area (Å²) in [5, 5.41) is 8.54. The largest absolute Gasteiger partial charge is 0.497 e. The molecule has 1 aromatic heterocycles. The van der Waals surface area contributed by atoms with Crippen LogP contribution in [0, 0.1) is 6.92 Å². The maximum absolute atomic E-state index is 13.0. The molecule has 2 saturated heterocycles. The molecule has 15 heteroatoms. The third-order valence-electron chi connectivity index (χ3n) is 7.83. The molecule has 3 aromatic carbocycles. The first-order valence-electron chi connectivity index (χ1n) is 14.5. The predicted molar refractivity (Wildman–Crippen MR) is 177 cm³/mol. The van der Waals surface area contributed by atoms with Crippen LogP contribution in [0.3, 0.4) is 0 Å². The quantitative estimate of drug-likeness (QED) is 0.144. The van der Waals surface area contributed by atoms with Gasteiger partial charge < -0.3 is 19.7 Å². The van der Waals surface area contributed by atoms with E-state index in [1.807, 2.05) is 42.2 Å². The second kappa shape index (κ2) is 13.0. The number of amidine groups is 1. The Kier molecular flexibility index (Phi) is 8.96. The van der Waals surface area contributed by atoms with E-state index in [0.717, 1.165) is 40.4 Å². The number of amides is 1. The second-order valence-electron chi connectivity index (χ2n) is 11.0. The molecule has 2 aliphatic heterocycles. The van der Waals surface area contributed by atoms with Gasteiger partial charge in [-0.3, -0.25) is 9.69 Å². The van der Waals surface area contributed by atoms with Crippen molar-refractivity contribution in [2.75, 3.05) is 24.8 Å². The molecule has 3 atom stereocenters. The Morgan fingerprint density at radius 2 is 1.89 bits per heavy atom. The summed E-state index contributed by atoms with van der Waals surface area (Å²) in [6, 6.07) is 17.7. The fourth-order valence-corrected chi connectivity index (χ4v) is 6.44. The predicted octanol–water partition coefficient (Wildman–Crippen LogP) is 5.96. The Bertz CT molecular complexity index is 1830. The molecule has 1 N–H and O–H groups in total. The van der Waals surface area contributed by atoms with Gasteiger partial charge in [0.15, 0.2) is 22.3 Å². The van der Waals surface area contributed by atoms with E-state index in [9.17, 15) is 18.0 Å². The Hall–Kier alpha value is -4.47. The van der Waals surface area contributed by atoms with Gasteiger partial charge in [-0.1, -0.05) is 36.0 Å². The first-order valence-corrected chi connectivity index (χ1v) is 15.9. The van der Waals surface area contributed by atoms with E-state index in [2.05, 4.69) is 15.4 Å². The van der Waals surface area contributed by atoms with Crippen molar-refractivity contribution in [1.29, 1.82) is 0 Å². The van der Waals surface area contributed by atoms with Crippen LogP contribution in [0.5, 0.6) is 5.75 Å². The lowest BCUT2D eigenvalue weighted by Crippen LogP contribution is -2.42. The average molecular weight is 682 g/mol. The molecule has 0 radical (unpaired) electrons. The van der Waals surface area contributed by atoms with E-state index in [4.69, 9.17) is 26.7 Å². The molecule has 4 aromatic rings. The van der Waals surface area contributed by atoms with Gasteiger partial charge in [-0.25, -0.2) is 9.67 Å². The summed E-state index contributed by atoms with van der Waals surface area (Å²) in [5.74, 6) is 1.70. The molecule has 10 nitrogen and oxygen atoms in total. The highest BCUT2D eigenvalue weighted by atomic mass is 32.2. The Labute approximate surface area is 278 Å². The number of aliphatic imine (C=N–C) groups is 1. The van der Waals surface area contributed by atoms with Crippen LogP contribution in [0.1, 0.15) is 29.8 Å². The van der Waals surface area contributed by atoms with Crippen LogP contribution < -0.4 is 15.0 Å². The number of epoxide rings is 1. The van der Waals surface area contributed by atoms with Crippen molar-refractivity contribution in [3.63, 3.8) is 0 Å². The molecule has 3 unspecified atom stereocenters. The van der Waals surface area contributed by atoms with Crippen LogP contribution in [0.4, 0.5) is 18.9 Å². The summed E-state index contributed by atoms with van der Waals surface area (Å²) in [6.07, 6.45) is -3.65. The monoisotopic (exact) mass is 681 g/mol. The number of fused-ring (bicyclic) bond motifs is 1. The van der Waals surface area contributed by atoms with Crippen molar-refractivity contribution >= 4 is 45.9 Å². The number of carbonyl (C=O) groups excluding carboxylic acids is 1. The number of thiocarbonyl (C=S) groups is 1. The van der Waals surface area contributed by atoms with Gasteiger partial charge in [0.2, 0.25) is 5.91 Å². The number of hydrogen-bond donors (Lipinski definition) is 1. The number of aromatic nitrogens is 3. The van der Waals surface area contributed by atoms with Crippen molar-refractivity contribution in [2.24, 2.45) is 4.99 Å². The van der Waals surface area contributed by atoms with E-state index in [0.29, 0.717) is 22.2 Å². The van der Waals surface area contributed by atoms with Gasteiger partial charge in [0.1, 0.15) is 24.3 Å². The fourth-order valence-electron chi connectivity index (χ4n) is 5.13. The number of thioether (sulfide) groups is 1. The molecule has 2 aliphatic rings. The van der Waals surface area contributed by atoms with Crippen molar-refractivity contribution in [2.45, 2.75) is 38.5 Å². The number of hydrogen-bond acceptors (Lipinski definition) is 7. The lowest BCUT2D eigenvalue weighted by molar-refractivity contribution is -0.137. The molecule has 0 bridgehead atoms. The minimum absolute atomic E-state index is 0.105. The molecule has 6 rings (SSSR count). The molecule has 244 valence electrons. The Morgan fingerprint density at radius 3 is 2.53 bits per heavy atom. The number of alkyl halides is 3. The Morgan fingerprint density at radius 1 is 1.17 bits per heavy atom. The molecular formula is C32H30F3N7O3S2. The molecule has 3 heterocycles. The average Bonchev–Trinajstić information content (AvgIpc) is 3.68. The highest BCUT2D eigenvalue weighted by Crippen LogP contribution is 2.42. The lowest BCUT2D eigenvalue weighted by atomic mass is 10.1. The molecule has 1 amide bonds. The number of halogens is 3. The van der Waals surface area contributed by atoms with Crippen LogP contribution in [0.15, 0.2) is 78.0 Å². The SMILES string of the molecule is COc1ccc(N2C(=NC(=S)NC(c3ccc(-c4ncn(-c5ccc(C(F)(F)F)cc5)n4)cc3)N(C)C(C)=O)SCC3OC32)c(C)c1. The van der Waals surface area contributed by atoms with E-state index < -0.39 is 17.9 Å². The minimum Gasteiger partial charge on any atom is -0.497 e. The maximum Gasteiger partial charge on any atom is 0.416 e.